The maximum atomic E-state index is 11.5. The molecule has 126 valence electrons. The van der Waals surface area contributed by atoms with Gasteiger partial charge in [0.25, 0.3) is 0 Å². The maximum Gasteiger partial charge on any atom is 0.332 e. The van der Waals surface area contributed by atoms with Crippen molar-refractivity contribution in [2.24, 2.45) is 0 Å². The van der Waals surface area contributed by atoms with E-state index in [1.807, 2.05) is 32.0 Å². The summed E-state index contributed by atoms with van der Waals surface area (Å²) in [6, 6.07) is 6.04. The van der Waals surface area contributed by atoms with E-state index in [-0.39, 0.29) is 5.60 Å². The number of unbranched alkanes of at least 4 members (excludes halogenated alkanes) is 1. The predicted octanol–water partition coefficient (Wildman–Crippen LogP) is 5.23. The van der Waals surface area contributed by atoms with E-state index in [0.29, 0.717) is 12.0 Å². The largest absolute Gasteiger partial charge is 0.483 e. The lowest BCUT2D eigenvalue weighted by Gasteiger charge is -2.32. The van der Waals surface area contributed by atoms with E-state index in [2.05, 4.69) is 26.0 Å². The first kappa shape index (κ1) is 16.6. The highest BCUT2D eigenvalue weighted by Crippen LogP contribution is 2.45. The minimum Gasteiger partial charge on any atom is -0.483 e. The lowest BCUT2D eigenvalue weighted by Crippen LogP contribution is -2.28. The summed E-state index contributed by atoms with van der Waals surface area (Å²) in [5.41, 5.74) is 5.36. The Morgan fingerprint density at radius 3 is 2.79 bits per heavy atom. The van der Waals surface area contributed by atoms with Crippen molar-refractivity contribution in [3.63, 3.8) is 0 Å². The molecule has 3 nitrogen and oxygen atoms in total. The molecule has 2 aliphatic rings. The van der Waals surface area contributed by atoms with Gasteiger partial charge in [0.1, 0.15) is 11.4 Å². The molecule has 1 heterocycles. The SMILES string of the molecule is CCC/C=C1\CC(C(=O)O)=C1c1ccc2c(c1)OC(C)(C)C=C2C. The van der Waals surface area contributed by atoms with Crippen LogP contribution >= 0.6 is 0 Å². The number of ether oxygens (including phenoxy) is 1. The number of hydrogen-bond acceptors (Lipinski definition) is 2. The topological polar surface area (TPSA) is 46.5 Å². The molecule has 3 rings (SSSR count). The Morgan fingerprint density at radius 2 is 2.12 bits per heavy atom. The van der Waals surface area contributed by atoms with Crippen LogP contribution in [0.1, 0.15) is 58.1 Å². The number of carboxylic acid groups (broad SMARTS) is 1. The summed E-state index contributed by atoms with van der Waals surface area (Å²) in [4.78, 5) is 11.5. The van der Waals surface area contributed by atoms with Gasteiger partial charge in [-0.1, -0.05) is 31.6 Å². The maximum absolute atomic E-state index is 11.5. The van der Waals surface area contributed by atoms with Gasteiger partial charge in [-0.3, -0.25) is 0 Å². The van der Waals surface area contributed by atoms with Crippen molar-refractivity contribution in [3.8, 4) is 5.75 Å². The third kappa shape index (κ3) is 2.91. The first-order chi connectivity index (χ1) is 11.3. The van der Waals surface area contributed by atoms with Crippen molar-refractivity contribution >= 4 is 17.1 Å². The Hall–Kier alpha value is -2.29. The number of carbonyl (C=O) groups is 1. The van der Waals surface area contributed by atoms with Crippen LogP contribution in [0.3, 0.4) is 0 Å². The quantitative estimate of drug-likeness (QED) is 0.825. The second-order valence-electron chi connectivity index (χ2n) is 7.10. The first-order valence-corrected chi connectivity index (χ1v) is 8.51. The van der Waals surface area contributed by atoms with Crippen molar-refractivity contribution in [1.29, 1.82) is 0 Å². The minimum atomic E-state index is -0.825. The van der Waals surface area contributed by atoms with Gasteiger partial charge in [0.2, 0.25) is 0 Å². The van der Waals surface area contributed by atoms with E-state index in [9.17, 15) is 9.90 Å². The van der Waals surface area contributed by atoms with E-state index < -0.39 is 5.97 Å². The molecule has 0 saturated heterocycles. The number of rotatable bonds is 4. The molecule has 1 aliphatic heterocycles. The van der Waals surface area contributed by atoms with Crippen LogP contribution in [0.5, 0.6) is 5.75 Å². The number of allylic oxidation sites excluding steroid dienone is 4. The van der Waals surface area contributed by atoms with Crippen molar-refractivity contribution in [1.82, 2.24) is 0 Å². The van der Waals surface area contributed by atoms with E-state index in [1.165, 1.54) is 5.57 Å². The normalized spacial score (nSPS) is 20.2. The Kier molecular flexibility index (Phi) is 4.12. The van der Waals surface area contributed by atoms with Crippen LogP contribution in [-0.4, -0.2) is 16.7 Å². The monoisotopic (exact) mass is 324 g/mol. The van der Waals surface area contributed by atoms with Gasteiger partial charge in [0.15, 0.2) is 0 Å². The van der Waals surface area contributed by atoms with Gasteiger partial charge in [0.05, 0.1) is 0 Å². The molecular weight excluding hydrogens is 300 g/mol. The Balaban J connectivity index is 2.06. The summed E-state index contributed by atoms with van der Waals surface area (Å²) >= 11 is 0. The zero-order chi connectivity index (χ0) is 17.5. The summed E-state index contributed by atoms with van der Waals surface area (Å²) in [5.74, 6) is 0.00479. The molecule has 3 heteroatoms. The average Bonchev–Trinajstić information content (AvgIpc) is 2.44. The van der Waals surface area contributed by atoms with Gasteiger partial charge in [-0.15, -0.1) is 0 Å². The second kappa shape index (κ2) is 5.97. The lowest BCUT2D eigenvalue weighted by atomic mass is 9.77. The van der Waals surface area contributed by atoms with Crippen LogP contribution in [0.25, 0.3) is 11.1 Å². The van der Waals surface area contributed by atoms with Crippen LogP contribution in [0, 0.1) is 0 Å². The van der Waals surface area contributed by atoms with E-state index in [1.54, 1.807) is 0 Å². The van der Waals surface area contributed by atoms with Gasteiger partial charge in [-0.25, -0.2) is 4.79 Å². The molecular formula is C21H24O3. The highest BCUT2D eigenvalue weighted by molar-refractivity contribution is 6.07. The molecule has 0 saturated carbocycles. The van der Waals surface area contributed by atoms with E-state index in [0.717, 1.165) is 40.9 Å². The number of hydrogen-bond donors (Lipinski definition) is 1. The van der Waals surface area contributed by atoms with Crippen LogP contribution in [-0.2, 0) is 4.79 Å². The Bertz CT molecular complexity index is 791. The summed E-state index contributed by atoms with van der Waals surface area (Å²) in [7, 11) is 0. The molecule has 0 radical (unpaired) electrons. The fraction of sp³-hybridized carbons (Fsp3) is 0.381. The summed E-state index contributed by atoms with van der Waals surface area (Å²) in [6.07, 6.45) is 6.86. The first-order valence-electron chi connectivity index (χ1n) is 8.51. The standard InChI is InChI=1S/C21H24O3/c1-5-6-7-14-10-17(20(22)23)19(14)15-8-9-16-13(2)12-21(3,4)24-18(16)11-15/h7-9,11-12H,5-6,10H2,1-4H3,(H,22,23)/b14-7+. The van der Waals surface area contributed by atoms with E-state index >= 15 is 0 Å². The third-order valence-corrected chi connectivity index (χ3v) is 4.56. The van der Waals surface area contributed by atoms with Crippen molar-refractivity contribution < 1.29 is 14.6 Å². The Morgan fingerprint density at radius 1 is 1.38 bits per heavy atom. The van der Waals surface area contributed by atoms with Crippen molar-refractivity contribution in [3.05, 3.63) is 52.6 Å². The summed E-state index contributed by atoms with van der Waals surface area (Å²) in [6.45, 7) is 8.27. The molecule has 0 bridgehead atoms. The van der Waals surface area contributed by atoms with Crippen LogP contribution < -0.4 is 4.74 Å². The van der Waals surface area contributed by atoms with E-state index in [4.69, 9.17) is 4.74 Å². The molecule has 1 N–H and O–H groups in total. The number of fused-ring (bicyclic) bond motifs is 1. The summed E-state index contributed by atoms with van der Waals surface area (Å²) < 4.78 is 6.10. The van der Waals surface area contributed by atoms with Gasteiger partial charge < -0.3 is 9.84 Å². The molecule has 0 amide bonds. The molecule has 24 heavy (non-hydrogen) atoms. The zero-order valence-corrected chi connectivity index (χ0v) is 14.8. The molecule has 1 aromatic rings. The highest BCUT2D eigenvalue weighted by atomic mass is 16.5. The van der Waals surface area contributed by atoms with Crippen LogP contribution in [0.15, 0.2) is 41.5 Å². The minimum absolute atomic E-state index is 0.347. The number of benzene rings is 1. The highest BCUT2D eigenvalue weighted by Gasteiger charge is 2.31. The van der Waals surface area contributed by atoms with Gasteiger partial charge in [0, 0.05) is 17.6 Å². The molecule has 0 atom stereocenters. The van der Waals surface area contributed by atoms with Crippen molar-refractivity contribution in [2.45, 2.75) is 52.6 Å². The third-order valence-electron chi connectivity index (χ3n) is 4.56. The van der Waals surface area contributed by atoms with Gasteiger partial charge >= 0.3 is 5.97 Å². The smallest absolute Gasteiger partial charge is 0.332 e. The molecule has 1 aromatic carbocycles. The number of carboxylic acids is 1. The molecule has 0 fully saturated rings. The predicted molar refractivity (Wildman–Crippen MR) is 97.0 cm³/mol. The zero-order valence-electron chi connectivity index (χ0n) is 14.8. The van der Waals surface area contributed by atoms with Crippen LogP contribution in [0.2, 0.25) is 0 Å². The molecule has 0 aromatic heterocycles. The lowest BCUT2D eigenvalue weighted by molar-refractivity contribution is -0.132. The fourth-order valence-corrected chi connectivity index (χ4v) is 3.49. The van der Waals surface area contributed by atoms with Gasteiger partial charge in [-0.2, -0.15) is 0 Å². The fourth-order valence-electron chi connectivity index (χ4n) is 3.49. The van der Waals surface area contributed by atoms with Crippen molar-refractivity contribution in [2.75, 3.05) is 0 Å². The average molecular weight is 324 g/mol. The second-order valence-corrected chi connectivity index (χ2v) is 7.10. The summed E-state index contributed by atoms with van der Waals surface area (Å²) in [5, 5.41) is 9.45. The Labute approximate surface area is 143 Å². The molecule has 0 unspecified atom stereocenters. The molecule has 1 aliphatic carbocycles. The molecule has 0 spiro atoms. The number of aliphatic carboxylic acids is 1. The van der Waals surface area contributed by atoms with Crippen LogP contribution in [0.4, 0.5) is 0 Å². The van der Waals surface area contributed by atoms with Gasteiger partial charge in [-0.05, 0) is 61.6 Å².